The van der Waals surface area contributed by atoms with Crippen molar-refractivity contribution in [3.63, 3.8) is 0 Å². The smallest absolute Gasteiger partial charge is 0.0484 e. The van der Waals surface area contributed by atoms with E-state index in [2.05, 4.69) is 34.0 Å². The van der Waals surface area contributed by atoms with E-state index in [4.69, 9.17) is 4.74 Å². The molecule has 0 aliphatic carbocycles. The van der Waals surface area contributed by atoms with Crippen LogP contribution in [0, 0.1) is 0 Å². The molecule has 2 aliphatic rings. The molecule has 0 unspecified atom stereocenters. The molecule has 0 aromatic carbocycles. The maximum atomic E-state index is 5.64. The average molecular weight is 308 g/mol. The Hall–Kier alpha value is -0.420. The van der Waals surface area contributed by atoms with Crippen molar-refractivity contribution in [1.82, 2.24) is 10.2 Å². The van der Waals surface area contributed by atoms with E-state index in [9.17, 15) is 0 Å². The molecular formula is C17H28N2OS. The van der Waals surface area contributed by atoms with Gasteiger partial charge in [0.2, 0.25) is 0 Å². The van der Waals surface area contributed by atoms with Gasteiger partial charge in [-0.1, -0.05) is 6.42 Å². The standard InChI is InChI=1S/C17H28N2OS/c1-15(16-5-12-21-13-16)18-14-17(6-10-20-11-7-17)19-8-3-2-4-9-19/h5,12-13,15,18H,2-4,6-11,14H2,1H3/t15-/m1/s1. The van der Waals surface area contributed by atoms with Crippen molar-refractivity contribution in [1.29, 1.82) is 0 Å². The van der Waals surface area contributed by atoms with Crippen LogP contribution >= 0.6 is 11.3 Å². The van der Waals surface area contributed by atoms with Gasteiger partial charge in [0.25, 0.3) is 0 Å². The van der Waals surface area contributed by atoms with Crippen LogP contribution in [-0.2, 0) is 4.74 Å². The number of hydrogen-bond acceptors (Lipinski definition) is 4. The zero-order chi connectivity index (χ0) is 14.5. The Kier molecular flexibility index (Phi) is 5.33. The summed E-state index contributed by atoms with van der Waals surface area (Å²) in [5.74, 6) is 0. The molecule has 4 heteroatoms. The normalized spacial score (nSPS) is 24.8. The summed E-state index contributed by atoms with van der Waals surface area (Å²) in [4.78, 5) is 2.76. The van der Waals surface area contributed by atoms with E-state index in [0.29, 0.717) is 11.6 Å². The molecule has 1 N–H and O–H groups in total. The molecule has 3 nitrogen and oxygen atoms in total. The fourth-order valence-corrected chi connectivity index (χ4v) is 4.46. The highest BCUT2D eigenvalue weighted by atomic mass is 32.1. The number of hydrogen-bond donors (Lipinski definition) is 1. The van der Waals surface area contributed by atoms with E-state index in [1.54, 1.807) is 11.3 Å². The van der Waals surface area contributed by atoms with Crippen LogP contribution in [0.4, 0.5) is 0 Å². The largest absolute Gasteiger partial charge is 0.381 e. The van der Waals surface area contributed by atoms with Crippen molar-refractivity contribution in [2.45, 2.75) is 50.6 Å². The molecule has 21 heavy (non-hydrogen) atoms. The van der Waals surface area contributed by atoms with Gasteiger partial charge in [-0.15, -0.1) is 0 Å². The predicted octanol–water partition coefficient (Wildman–Crippen LogP) is 3.43. The van der Waals surface area contributed by atoms with Crippen molar-refractivity contribution in [3.05, 3.63) is 22.4 Å². The second kappa shape index (κ2) is 7.23. The Morgan fingerprint density at radius 3 is 2.71 bits per heavy atom. The Morgan fingerprint density at radius 2 is 2.05 bits per heavy atom. The number of piperidine rings is 1. The quantitative estimate of drug-likeness (QED) is 0.902. The van der Waals surface area contributed by atoms with E-state index >= 15 is 0 Å². The average Bonchev–Trinajstić information content (AvgIpc) is 3.09. The van der Waals surface area contributed by atoms with Gasteiger partial charge in [0.1, 0.15) is 0 Å². The van der Waals surface area contributed by atoms with E-state index in [1.165, 1.54) is 50.8 Å². The van der Waals surface area contributed by atoms with E-state index in [0.717, 1.165) is 19.8 Å². The van der Waals surface area contributed by atoms with E-state index in [1.807, 2.05) is 0 Å². The molecular weight excluding hydrogens is 280 g/mol. The molecule has 1 aromatic rings. The molecule has 1 atom stereocenters. The highest BCUT2D eigenvalue weighted by molar-refractivity contribution is 7.07. The molecule has 0 amide bonds. The summed E-state index contributed by atoms with van der Waals surface area (Å²) >= 11 is 1.79. The van der Waals surface area contributed by atoms with Crippen molar-refractivity contribution in [2.75, 3.05) is 32.8 Å². The van der Waals surface area contributed by atoms with Gasteiger partial charge < -0.3 is 10.1 Å². The maximum absolute atomic E-state index is 5.64. The predicted molar refractivity (Wildman–Crippen MR) is 88.9 cm³/mol. The SMILES string of the molecule is C[C@@H](NCC1(N2CCCCC2)CCOCC1)c1ccsc1. The van der Waals surface area contributed by atoms with Crippen LogP contribution in [0.2, 0.25) is 0 Å². The third-order valence-corrected chi connectivity index (χ3v) is 5.93. The minimum absolute atomic E-state index is 0.322. The molecule has 0 bridgehead atoms. The molecule has 3 rings (SSSR count). The Labute approximate surface area is 132 Å². The molecule has 2 fully saturated rings. The highest BCUT2D eigenvalue weighted by Crippen LogP contribution is 2.31. The number of rotatable bonds is 5. The summed E-state index contributed by atoms with van der Waals surface area (Å²) < 4.78 is 5.64. The summed E-state index contributed by atoms with van der Waals surface area (Å²) in [5.41, 5.74) is 1.74. The number of thiophene rings is 1. The Morgan fingerprint density at radius 1 is 1.29 bits per heavy atom. The third-order valence-electron chi connectivity index (χ3n) is 5.23. The fourth-order valence-electron chi connectivity index (χ4n) is 3.71. The van der Waals surface area contributed by atoms with Crippen molar-refractivity contribution < 1.29 is 4.74 Å². The first-order chi connectivity index (χ1) is 10.3. The number of nitrogens with zero attached hydrogens (tertiary/aromatic N) is 1. The monoisotopic (exact) mass is 308 g/mol. The molecule has 2 saturated heterocycles. The van der Waals surface area contributed by atoms with Crippen LogP contribution in [0.1, 0.15) is 50.6 Å². The van der Waals surface area contributed by atoms with E-state index < -0.39 is 0 Å². The Bertz CT molecular complexity index is 408. The second-order valence-electron chi connectivity index (χ2n) is 6.54. The molecule has 1 aromatic heterocycles. The fraction of sp³-hybridized carbons (Fsp3) is 0.765. The van der Waals surface area contributed by atoms with Gasteiger partial charge in [0.15, 0.2) is 0 Å². The zero-order valence-corrected chi connectivity index (χ0v) is 14.0. The van der Waals surface area contributed by atoms with Crippen molar-refractivity contribution >= 4 is 11.3 Å². The lowest BCUT2D eigenvalue weighted by molar-refractivity contribution is -0.0366. The molecule has 118 valence electrons. The van der Waals surface area contributed by atoms with Crippen LogP contribution in [0.5, 0.6) is 0 Å². The molecule has 2 aliphatic heterocycles. The molecule has 0 radical (unpaired) electrons. The minimum atomic E-state index is 0.322. The van der Waals surface area contributed by atoms with Gasteiger partial charge in [0, 0.05) is 31.3 Å². The Balaban J connectivity index is 1.64. The molecule has 3 heterocycles. The lowest BCUT2D eigenvalue weighted by atomic mass is 9.85. The first kappa shape index (κ1) is 15.5. The summed E-state index contributed by atoms with van der Waals surface area (Å²) in [7, 11) is 0. The topological polar surface area (TPSA) is 24.5 Å². The van der Waals surface area contributed by atoms with Crippen molar-refractivity contribution in [2.24, 2.45) is 0 Å². The van der Waals surface area contributed by atoms with Gasteiger partial charge in [-0.3, -0.25) is 4.90 Å². The molecule has 0 spiro atoms. The zero-order valence-electron chi connectivity index (χ0n) is 13.1. The first-order valence-electron chi connectivity index (χ1n) is 8.38. The van der Waals surface area contributed by atoms with Crippen LogP contribution < -0.4 is 5.32 Å². The van der Waals surface area contributed by atoms with Gasteiger partial charge in [-0.05, 0) is 68.1 Å². The van der Waals surface area contributed by atoms with Crippen molar-refractivity contribution in [3.8, 4) is 0 Å². The summed E-state index contributed by atoms with van der Waals surface area (Å²) in [6.45, 7) is 7.76. The van der Waals surface area contributed by atoms with Crippen LogP contribution in [0.3, 0.4) is 0 Å². The lowest BCUT2D eigenvalue weighted by Crippen LogP contribution is -2.59. The first-order valence-corrected chi connectivity index (χ1v) is 9.33. The number of ether oxygens (including phenoxy) is 1. The van der Waals surface area contributed by atoms with Gasteiger partial charge in [-0.2, -0.15) is 11.3 Å². The third kappa shape index (κ3) is 3.67. The maximum Gasteiger partial charge on any atom is 0.0484 e. The summed E-state index contributed by atoms with van der Waals surface area (Å²) in [5, 5.41) is 8.23. The summed E-state index contributed by atoms with van der Waals surface area (Å²) in [6, 6.07) is 2.68. The van der Waals surface area contributed by atoms with Crippen LogP contribution in [0.15, 0.2) is 16.8 Å². The van der Waals surface area contributed by atoms with Gasteiger partial charge >= 0.3 is 0 Å². The second-order valence-corrected chi connectivity index (χ2v) is 7.32. The van der Waals surface area contributed by atoms with Crippen LogP contribution in [-0.4, -0.2) is 43.3 Å². The lowest BCUT2D eigenvalue weighted by Gasteiger charge is -2.48. The van der Waals surface area contributed by atoms with Gasteiger partial charge in [-0.25, -0.2) is 0 Å². The highest BCUT2D eigenvalue weighted by Gasteiger charge is 2.38. The number of likely N-dealkylation sites (tertiary alicyclic amines) is 1. The van der Waals surface area contributed by atoms with Crippen LogP contribution in [0.25, 0.3) is 0 Å². The summed E-state index contributed by atoms with van der Waals surface area (Å²) in [6.07, 6.45) is 6.49. The molecule has 0 saturated carbocycles. The van der Waals surface area contributed by atoms with E-state index in [-0.39, 0.29) is 0 Å². The minimum Gasteiger partial charge on any atom is -0.381 e. The van der Waals surface area contributed by atoms with Gasteiger partial charge in [0.05, 0.1) is 0 Å². The number of nitrogens with one attached hydrogen (secondary N) is 1.